The van der Waals surface area contributed by atoms with E-state index in [0.29, 0.717) is 6.42 Å². The van der Waals surface area contributed by atoms with Gasteiger partial charge in [0.1, 0.15) is 0 Å². The second kappa shape index (κ2) is 4.18. The predicted molar refractivity (Wildman–Crippen MR) is 64.7 cm³/mol. The van der Waals surface area contributed by atoms with Crippen LogP contribution in [0.15, 0.2) is 35.5 Å². The van der Waals surface area contributed by atoms with E-state index >= 15 is 0 Å². The third-order valence-corrected chi connectivity index (χ3v) is 3.06. The number of hydrogen-bond donors (Lipinski definition) is 0. The van der Waals surface area contributed by atoms with Gasteiger partial charge in [0.15, 0.2) is 5.78 Å². The highest BCUT2D eigenvalue weighted by Gasteiger charge is 2.30. The zero-order valence-electron chi connectivity index (χ0n) is 10.2. The molecule has 0 aromatic rings. The van der Waals surface area contributed by atoms with Gasteiger partial charge in [-0.05, 0) is 36.8 Å². The van der Waals surface area contributed by atoms with Crippen molar-refractivity contribution in [2.75, 3.05) is 0 Å². The molecule has 0 aliphatic heterocycles. The van der Waals surface area contributed by atoms with Gasteiger partial charge in [-0.25, -0.2) is 0 Å². The molecule has 1 nitrogen and oxygen atoms in total. The molecule has 0 heterocycles. The summed E-state index contributed by atoms with van der Waals surface area (Å²) in [7, 11) is 0. The lowest BCUT2D eigenvalue weighted by molar-refractivity contribution is -0.116. The van der Waals surface area contributed by atoms with E-state index in [0.717, 1.165) is 17.6 Å². The van der Waals surface area contributed by atoms with Crippen LogP contribution < -0.4 is 0 Å². The molecule has 82 valence electrons. The highest BCUT2D eigenvalue weighted by atomic mass is 16.1. The van der Waals surface area contributed by atoms with Gasteiger partial charge in [0, 0.05) is 6.42 Å². The summed E-state index contributed by atoms with van der Waals surface area (Å²) in [5.41, 5.74) is 3.22. The lowest BCUT2D eigenvalue weighted by Crippen LogP contribution is -2.24. The summed E-state index contributed by atoms with van der Waals surface area (Å²) in [6, 6.07) is 0. The largest absolute Gasteiger partial charge is 0.295 e. The van der Waals surface area contributed by atoms with Gasteiger partial charge in [0.05, 0.1) is 0 Å². The number of allylic oxidation sites excluding steroid dienone is 5. The summed E-state index contributed by atoms with van der Waals surface area (Å²) in [5, 5.41) is 0. The van der Waals surface area contributed by atoms with Crippen LogP contribution in [0.25, 0.3) is 0 Å². The first kappa shape index (κ1) is 12.0. The maximum Gasteiger partial charge on any atom is 0.158 e. The Labute approximate surface area is 92.6 Å². The SMILES string of the molecule is C=C(C)/C=C/C1=C(C)C(=O)CCC1(C)C. The van der Waals surface area contributed by atoms with Crippen molar-refractivity contribution in [3.63, 3.8) is 0 Å². The first-order valence-electron chi connectivity index (χ1n) is 5.43. The molecule has 0 amide bonds. The molecule has 1 aliphatic rings. The van der Waals surface area contributed by atoms with Gasteiger partial charge >= 0.3 is 0 Å². The lowest BCUT2D eigenvalue weighted by atomic mass is 9.72. The first-order chi connectivity index (χ1) is 6.84. The van der Waals surface area contributed by atoms with E-state index < -0.39 is 0 Å². The zero-order valence-corrected chi connectivity index (χ0v) is 10.2. The number of Topliss-reactive ketones (excluding diaryl/α,β-unsaturated/α-hetero) is 1. The molecule has 15 heavy (non-hydrogen) atoms. The van der Waals surface area contributed by atoms with Crippen LogP contribution in [0.2, 0.25) is 0 Å². The fraction of sp³-hybridized carbons (Fsp3) is 0.500. The van der Waals surface area contributed by atoms with E-state index in [9.17, 15) is 4.79 Å². The van der Waals surface area contributed by atoms with Gasteiger partial charge in [0.2, 0.25) is 0 Å². The van der Waals surface area contributed by atoms with Gasteiger partial charge in [-0.3, -0.25) is 4.79 Å². The van der Waals surface area contributed by atoms with Gasteiger partial charge in [-0.1, -0.05) is 38.2 Å². The predicted octanol–water partition coefficient (Wildman–Crippen LogP) is 3.82. The Hall–Kier alpha value is -1.11. The summed E-state index contributed by atoms with van der Waals surface area (Å²) >= 11 is 0. The normalized spacial score (nSPS) is 21.2. The molecule has 0 fully saturated rings. The smallest absolute Gasteiger partial charge is 0.158 e. The van der Waals surface area contributed by atoms with Crippen LogP contribution in [-0.4, -0.2) is 5.78 Å². The third-order valence-electron chi connectivity index (χ3n) is 3.06. The van der Waals surface area contributed by atoms with Crippen LogP contribution in [0.4, 0.5) is 0 Å². The average Bonchev–Trinajstić information content (AvgIpc) is 2.11. The Morgan fingerprint density at radius 3 is 2.60 bits per heavy atom. The first-order valence-corrected chi connectivity index (χ1v) is 5.43. The minimum Gasteiger partial charge on any atom is -0.295 e. The minimum atomic E-state index is 0.115. The van der Waals surface area contributed by atoms with Crippen molar-refractivity contribution in [2.45, 2.75) is 40.5 Å². The Balaban J connectivity index is 3.12. The number of carbonyl (C=O) groups excluding carboxylic acids is 1. The van der Waals surface area contributed by atoms with Crippen molar-refractivity contribution in [1.82, 2.24) is 0 Å². The molecule has 0 aromatic carbocycles. The summed E-state index contributed by atoms with van der Waals surface area (Å²) in [6.07, 6.45) is 5.66. The van der Waals surface area contributed by atoms with Gasteiger partial charge in [-0.2, -0.15) is 0 Å². The Morgan fingerprint density at radius 1 is 1.47 bits per heavy atom. The average molecular weight is 204 g/mol. The molecule has 0 radical (unpaired) electrons. The molecule has 0 saturated carbocycles. The van der Waals surface area contributed by atoms with Crippen LogP contribution in [0.5, 0.6) is 0 Å². The molecule has 1 heteroatoms. The summed E-state index contributed by atoms with van der Waals surface area (Å²) in [4.78, 5) is 11.6. The fourth-order valence-corrected chi connectivity index (χ4v) is 1.98. The molecule has 0 atom stereocenters. The minimum absolute atomic E-state index is 0.115. The second-order valence-electron chi connectivity index (χ2n) is 5.03. The number of ketones is 1. The van der Waals surface area contributed by atoms with Crippen LogP contribution in [-0.2, 0) is 4.79 Å². The fourth-order valence-electron chi connectivity index (χ4n) is 1.98. The molecule has 0 N–H and O–H groups in total. The van der Waals surface area contributed by atoms with Crippen LogP contribution in [0.3, 0.4) is 0 Å². The second-order valence-corrected chi connectivity index (χ2v) is 5.03. The Bertz CT molecular complexity index is 354. The molecule has 0 saturated heterocycles. The molecular formula is C14H20O. The van der Waals surface area contributed by atoms with Crippen molar-refractivity contribution in [3.05, 3.63) is 35.5 Å². The molecule has 1 aliphatic carbocycles. The van der Waals surface area contributed by atoms with Crippen molar-refractivity contribution in [1.29, 1.82) is 0 Å². The van der Waals surface area contributed by atoms with Crippen molar-refractivity contribution < 1.29 is 4.79 Å². The van der Waals surface area contributed by atoms with Crippen molar-refractivity contribution in [3.8, 4) is 0 Å². The van der Waals surface area contributed by atoms with Crippen molar-refractivity contribution >= 4 is 5.78 Å². The van der Waals surface area contributed by atoms with E-state index in [1.165, 1.54) is 5.57 Å². The molecule has 0 aromatic heterocycles. The highest BCUT2D eigenvalue weighted by Crippen LogP contribution is 2.39. The van der Waals surface area contributed by atoms with Gasteiger partial charge in [0.25, 0.3) is 0 Å². The molecule has 0 spiro atoms. The number of hydrogen-bond acceptors (Lipinski definition) is 1. The van der Waals surface area contributed by atoms with Crippen molar-refractivity contribution in [2.24, 2.45) is 5.41 Å². The topological polar surface area (TPSA) is 17.1 Å². The van der Waals surface area contributed by atoms with E-state index in [-0.39, 0.29) is 11.2 Å². The quantitative estimate of drug-likeness (QED) is 0.625. The number of rotatable bonds is 2. The Kier molecular flexibility index (Phi) is 3.33. The maximum atomic E-state index is 11.6. The molecular weight excluding hydrogens is 184 g/mol. The molecule has 0 bridgehead atoms. The Morgan fingerprint density at radius 2 is 2.07 bits per heavy atom. The van der Waals surface area contributed by atoms with Crippen LogP contribution in [0.1, 0.15) is 40.5 Å². The van der Waals surface area contributed by atoms with E-state index in [1.807, 2.05) is 19.9 Å². The van der Waals surface area contributed by atoms with Gasteiger partial charge in [-0.15, -0.1) is 0 Å². The number of carbonyl (C=O) groups is 1. The monoisotopic (exact) mass is 204 g/mol. The van der Waals surface area contributed by atoms with Crippen LogP contribution >= 0.6 is 0 Å². The summed E-state index contributed by atoms with van der Waals surface area (Å²) in [5.74, 6) is 0.288. The maximum absolute atomic E-state index is 11.6. The van der Waals surface area contributed by atoms with Crippen LogP contribution in [0, 0.1) is 5.41 Å². The zero-order chi connectivity index (χ0) is 11.6. The summed E-state index contributed by atoms with van der Waals surface area (Å²) < 4.78 is 0. The van der Waals surface area contributed by atoms with E-state index in [1.54, 1.807) is 0 Å². The third kappa shape index (κ3) is 2.68. The van der Waals surface area contributed by atoms with E-state index in [4.69, 9.17) is 0 Å². The summed E-state index contributed by atoms with van der Waals surface area (Å²) in [6.45, 7) is 12.1. The van der Waals surface area contributed by atoms with Gasteiger partial charge < -0.3 is 0 Å². The molecule has 0 unspecified atom stereocenters. The highest BCUT2D eigenvalue weighted by molar-refractivity contribution is 5.97. The standard InChI is InChI=1S/C14H20O/c1-10(2)6-7-12-11(3)13(15)8-9-14(12,4)5/h6-7H,1,8-9H2,2-5H3/b7-6+. The molecule has 1 rings (SSSR count). The van der Waals surface area contributed by atoms with E-state index in [2.05, 4.69) is 26.5 Å². The lowest BCUT2D eigenvalue weighted by Gasteiger charge is -2.32.